The van der Waals surface area contributed by atoms with Gasteiger partial charge in [0.05, 0.1) is 16.6 Å². The summed E-state index contributed by atoms with van der Waals surface area (Å²) >= 11 is 1.42. The summed E-state index contributed by atoms with van der Waals surface area (Å²) in [7, 11) is 0. The number of hydrogen-bond donors (Lipinski definition) is 2. The molecule has 0 aliphatic heterocycles. The average molecular weight is 330 g/mol. The second-order valence-electron chi connectivity index (χ2n) is 5.74. The molecule has 1 aliphatic carbocycles. The van der Waals surface area contributed by atoms with Crippen molar-refractivity contribution in [1.29, 1.82) is 0 Å². The van der Waals surface area contributed by atoms with Gasteiger partial charge in [0.1, 0.15) is 4.88 Å². The van der Waals surface area contributed by atoms with Crippen LogP contribution >= 0.6 is 11.3 Å². The summed E-state index contributed by atoms with van der Waals surface area (Å²) in [6, 6.07) is 7.42. The van der Waals surface area contributed by atoms with E-state index in [9.17, 15) is 9.59 Å². The average Bonchev–Trinajstić information content (AvgIpc) is 3.24. The molecular formula is C17H18N2O3S. The van der Waals surface area contributed by atoms with E-state index >= 15 is 0 Å². The molecule has 6 heteroatoms. The van der Waals surface area contributed by atoms with Crippen LogP contribution in [0.15, 0.2) is 24.3 Å². The first-order valence-corrected chi connectivity index (χ1v) is 8.41. The van der Waals surface area contributed by atoms with E-state index < -0.39 is 5.97 Å². The quantitative estimate of drug-likeness (QED) is 0.880. The first-order chi connectivity index (χ1) is 11.0. The number of carbonyl (C=O) groups excluding carboxylic acids is 1. The van der Waals surface area contributed by atoms with Gasteiger partial charge in [0.2, 0.25) is 0 Å². The van der Waals surface area contributed by atoms with Crippen molar-refractivity contribution in [2.45, 2.75) is 32.6 Å². The number of aryl methyl sites for hydroxylation is 2. The van der Waals surface area contributed by atoms with Crippen molar-refractivity contribution < 1.29 is 14.7 Å². The molecule has 0 saturated heterocycles. The third-order valence-corrected chi connectivity index (χ3v) is 5.35. The molecule has 1 aliphatic rings. The number of nitrogens with zero attached hydrogens (tertiary/aromatic N) is 1. The van der Waals surface area contributed by atoms with E-state index in [0.29, 0.717) is 17.0 Å². The number of aromatic nitrogens is 1. The van der Waals surface area contributed by atoms with E-state index in [1.165, 1.54) is 11.3 Å². The number of rotatable bonds is 5. The normalized spacial score (nSPS) is 19.4. The van der Waals surface area contributed by atoms with Crippen LogP contribution in [0.2, 0.25) is 0 Å². The van der Waals surface area contributed by atoms with Gasteiger partial charge in [0.25, 0.3) is 5.91 Å². The zero-order valence-electron chi connectivity index (χ0n) is 13.0. The lowest BCUT2D eigenvalue weighted by Crippen LogP contribution is -2.11. The second kappa shape index (κ2) is 6.12. The zero-order chi connectivity index (χ0) is 16.6. The lowest BCUT2D eigenvalue weighted by atomic mass is 10.1. The van der Waals surface area contributed by atoms with Crippen molar-refractivity contribution in [2.75, 3.05) is 5.32 Å². The van der Waals surface area contributed by atoms with Gasteiger partial charge in [-0.2, -0.15) is 0 Å². The Morgan fingerprint density at radius 2 is 2.04 bits per heavy atom. The summed E-state index contributed by atoms with van der Waals surface area (Å²) in [4.78, 5) is 28.2. The van der Waals surface area contributed by atoms with Gasteiger partial charge in [0, 0.05) is 5.69 Å². The summed E-state index contributed by atoms with van der Waals surface area (Å²) < 4.78 is 0. The molecule has 5 nitrogen and oxygen atoms in total. The fraction of sp³-hybridized carbons (Fsp3) is 0.353. The highest BCUT2D eigenvalue weighted by atomic mass is 32.1. The highest BCUT2D eigenvalue weighted by molar-refractivity contribution is 7.13. The standard InChI is InChI=1S/C17H18N2O3S/c1-3-14-18-9(2)15(23-14)16(20)19-11-6-4-10(5-7-11)12-8-13(12)17(21)22/h4-7,12-13H,3,8H2,1-2H3,(H,19,20)(H,21,22)/t12-,13+/m0/s1. The molecule has 0 radical (unpaired) electrons. The van der Waals surface area contributed by atoms with Crippen LogP contribution < -0.4 is 5.32 Å². The number of carboxylic acid groups (broad SMARTS) is 1. The van der Waals surface area contributed by atoms with E-state index in [0.717, 1.165) is 22.7 Å². The maximum Gasteiger partial charge on any atom is 0.307 e. The molecule has 1 aromatic carbocycles. The zero-order valence-corrected chi connectivity index (χ0v) is 13.8. The van der Waals surface area contributed by atoms with Crippen LogP contribution in [-0.4, -0.2) is 22.0 Å². The van der Waals surface area contributed by atoms with E-state index in [4.69, 9.17) is 5.11 Å². The summed E-state index contributed by atoms with van der Waals surface area (Å²) in [6.45, 7) is 3.85. The topological polar surface area (TPSA) is 79.3 Å². The Hall–Kier alpha value is -2.21. The third-order valence-electron chi connectivity index (χ3n) is 4.05. The smallest absolute Gasteiger partial charge is 0.307 e. The predicted molar refractivity (Wildman–Crippen MR) is 89.1 cm³/mol. The minimum absolute atomic E-state index is 0.105. The molecule has 0 spiro atoms. The van der Waals surface area contributed by atoms with Crippen LogP contribution in [0.5, 0.6) is 0 Å². The molecule has 1 heterocycles. The number of aliphatic carboxylic acids is 1. The van der Waals surface area contributed by atoms with Gasteiger partial charge in [0.15, 0.2) is 0 Å². The molecule has 120 valence electrons. The number of nitrogens with one attached hydrogen (secondary N) is 1. The van der Waals surface area contributed by atoms with Gasteiger partial charge in [-0.05, 0) is 43.4 Å². The molecule has 0 unspecified atom stereocenters. The largest absolute Gasteiger partial charge is 0.481 e. The van der Waals surface area contributed by atoms with Crippen LogP contribution in [0.4, 0.5) is 5.69 Å². The van der Waals surface area contributed by atoms with Crippen molar-refractivity contribution in [2.24, 2.45) is 5.92 Å². The minimum atomic E-state index is -0.736. The molecule has 1 fully saturated rings. The lowest BCUT2D eigenvalue weighted by Gasteiger charge is -2.05. The number of hydrogen-bond acceptors (Lipinski definition) is 4. The van der Waals surface area contributed by atoms with Crippen LogP contribution in [0.25, 0.3) is 0 Å². The first kappa shape index (κ1) is 15.7. The fourth-order valence-electron chi connectivity index (χ4n) is 2.65. The van der Waals surface area contributed by atoms with Gasteiger partial charge in [-0.15, -0.1) is 11.3 Å². The van der Waals surface area contributed by atoms with Crippen molar-refractivity contribution in [3.05, 3.63) is 45.4 Å². The van der Waals surface area contributed by atoms with E-state index in [1.807, 2.05) is 38.1 Å². The van der Waals surface area contributed by atoms with Crippen LogP contribution in [0, 0.1) is 12.8 Å². The molecule has 1 saturated carbocycles. The predicted octanol–water partition coefficient (Wildman–Crippen LogP) is 3.45. The maximum atomic E-state index is 12.3. The number of benzene rings is 1. The number of thiazole rings is 1. The van der Waals surface area contributed by atoms with Crippen LogP contribution in [0.1, 0.15) is 45.2 Å². The molecule has 3 rings (SSSR count). The summed E-state index contributed by atoms with van der Waals surface area (Å²) in [6.07, 6.45) is 1.51. The molecule has 2 aromatic rings. The number of amides is 1. The van der Waals surface area contributed by atoms with Crippen molar-refractivity contribution in [1.82, 2.24) is 4.98 Å². The van der Waals surface area contributed by atoms with Crippen molar-refractivity contribution >= 4 is 28.9 Å². The summed E-state index contributed by atoms with van der Waals surface area (Å²) in [5.74, 6) is -1.04. The Labute approximate surface area is 138 Å². The van der Waals surface area contributed by atoms with Gasteiger partial charge in [-0.3, -0.25) is 9.59 Å². The molecule has 1 aromatic heterocycles. The Balaban J connectivity index is 1.67. The molecule has 23 heavy (non-hydrogen) atoms. The Kier molecular flexibility index (Phi) is 4.17. The van der Waals surface area contributed by atoms with Crippen molar-refractivity contribution in [3.63, 3.8) is 0 Å². The summed E-state index contributed by atoms with van der Waals surface area (Å²) in [5.41, 5.74) is 2.47. The second-order valence-corrected chi connectivity index (χ2v) is 6.82. The number of carboxylic acids is 1. The number of anilines is 1. The Bertz CT molecular complexity index is 752. The Morgan fingerprint density at radius 1 is 1.35 bits per heavy atom. The van der Waals surface area contributed by atoms with Gasteiger partial charge < -0.3 is 10.4 Å². The molecule has 0 bridgehead atoms. The summed E-state index contributed by atoms with van der Waals surface area (Å²) in [5, 5.41) is 12.8. The van der Waals surface area contributed by atoms with Crippen molar-refractivity contribution in [3.8, 4) is 0 Å². The molecule has 2 N–H and O–H groups in total. The van der Waals surface area contributed by atoms with Gasteiger partial charge >= 0.3 is 5.97 Å². The van der Waals surface area contributed by atoms with Gasteiger partial charge in [-0.1, -0.05) is 19.1 Å². The minimum Gasteiger partial charge on any atom is -0.481 e. The molecule has 1 amide bonds. The molecular weight excluding hydrogens is 312 g/mol. The fourth-order valence-corrected chi connectivity index (χ4v) is 3.55. The van der Waals surface area contributed by atoms with Gasteiger partial charge in [-0.25, -0.2) is 4.98 Å². The van der Waals surface area contributed by atoms with E-state index in [-0.39, 0.29) is 17.7 Å². The third kappa shape index (κ3) is 3.27. The maximum absolute atomic E-state index is 12.3. The van der Waals surface area contributed by atoms with Crippen LogP contribution in [0.3, 0.4) is 0 Å². The Morgan fingerprint density at radius 3 is 2.57 bits per heavy atom. The lowest BCUT2D eigenvalue weighted by molar-refractivity contribution is -0.138. The SMILES string of the molecule is CCc1nc(C)c(C(=O)Nc2ccc([C@@H]3C[C@H]3C(=O)O)cc2)s1. The van der Waals surface area contributed by atoms with E-state index in [2.05, 4.69) is 10.3 Å². The number of carbonyl (C=O) groups is 2. The van der Waals surface area contributed by atoms with Crippen LogP contribution in [-0.2, 0) is 11.2 Å². The highest BCUT2D eigenvalue weighted by Gasteiger charge is 2.43. The monoisotopic (exact) mass is 330 g/mol. The first-order valence-electron chi connectivity index (χ1n) is 7.60. The van der Waals surface area contributed by atoms with E-state index in [1.54, 1.807) is 0 Å². The highest BCUT2D eigenvalue weighted by Crippen LogP contribution is 2.47. The molecule has 2 atom stereocenters.